The SMILES string of the molecule is CC.CN1CCN(CC(c2cccc(OC(F)(F)F)c2)C2(O)CCCCC2)CC1. The van der Waals surface area contributed by atoms with Gasteiger partial charge in [0.2, 0.25) is 0 Å². The van der Waals surface area contributed by atoms with Gasteiger partial charge in [-0.1, -0.05) is 45.2 Å². The first-order valence-corrected chi connectivity index (χ1v) is 10.7. The van der Waals surface area contributed by atoms with E-state index in [1.165, 1.54) is 12.1 Å². The van der Waals surface area contributed by atoms with Crippen LogP contribution in [0.1, 0.15) is 57.4 Å². The van der Waals surface area contributed by atoms with Crippen molar-refractivity contribution >= 4 is 0 Å². The molecule has 1 aromatic rings. The molecule has 29 heavy (non-hydrogen) atoms. The molecule has 1 saturated heterocycles. The van der Waals surface area contributed by atoms with Crippen molar-refractivity contribution in [1.29, 1.82) is 0 Å². The van der Waals surface area contributed by atoms with Gasteiger partial charge in [0.05, 0.1) is 5.60 Å². The molecule has 1 N–H and O–H groups in total. The Balaban J connectivity index is 0.00000145. The van der Waals surface area contributed by atoms with E-state index >= 15 is 0 Å². The summed E-state index contributed by atoms with van der Waals surface area (Å²) in [7, 11) is 2.08. The molecule has 0 bridgehead atoms. The monoisotopic (exact) mass is 416 g/mol. The van der Waals surface area contributed by atoms with Gasteiger partial charge in [0, 0.05) is 38.6 Å². The number of halogens is 3. The second kappa shape index (κ2) is 10.6. The topological polar surface area (TPSA) is 35.9 Å². The molecule has 1 aliphatic heterocycles. The smallest absolute Gasteiger partial charge is 0.406 e. The average Bonchev–Trinajstić information content (AvgIpc) is 2.68. The molecule has 4 nitrogen and oxygen atoms in total. The summed E-state index contributed by atoms with van der Waals surface area (Å²) in [5.41, 5.74) is -0.154. The van der Waals surface area contributed by atoms with Gasteiger partial charge in [-0.25, -0.2) is 0 Å². The summed E-state index contributed by atoms with van der Waals surface area (Å²) in [6, 6.07) is 6.16. The van der Waals surface area contributed by atoms with Crippen LogP contribution >= 0.6 is 0 Å². The number of hydrogen-bond acceptors (Lipinski definition) is 4. The van der Waals surface area contributed by atoms with Gasteiger partial charge in [-0.15, -0.1) is 13.2 Å². The summed E-state index contributed by atoms with van der Waals surface area (Å²) in [5.74, 6) is -0.444. The lowest BCUT2D eigenvalue weighted by Crippen LogP contribution is -2.50. The number of rotatable bonds is 5. The first kappa shape index (κ1) is 24.0. The lowest BCUT2D eigenvalue weighted by atomic mass is 9.72. The molecular formula is C22H35F3N2O2. The fourth-order valence-corrected chi connectivity index (χ4v) is 4.32. The fourth-order valence-electron chi connectivity index (χ4n) is 4.32. The summed E-state index contributed by atoms with van der Waals surface area (Å²) in [6.45, 7) is 8.38. The number of hydrogen-bond donors (Lipinski definition) is 1. The van der Waals surface area contributed by atoms with Crippen LogP contribution < -0.4 is 4.74 Å². The highest BCUT2D eigenvalue weighted by Crippen LogP contribution is 2.41. The molecule has 1 aromatic carbocycles. The van der Waals surface area contributed by atoms with E-state index < -0.39 is 12.0 Å². The number of piperazine rings is 1. The molecule has 1 aliphatic carbocycles. The summed E-state index contributed by atoms with van der Waals surface area (Å²) >= 11 is 0. The Morgan fingerprint density at radius 3 is 2.28 bits per heavy atom. The number of alkyl halides is 3. The predicted molar refractivity (Wildman–Crippen MR) is 109 cm³/mol. The number of nitrogens with zero attached hydrogens (tertiary/aromatic N) is 2. The number of likely N-dealkylation sites (N-methyl/N-ethyl adjacent to an activating group) is 1. The van der Waals surface area contributed by atoms with Gasteiger partial charge in [-0.3, -0.25) is 0 Å². The van der Waals surface area contributed by atoms with E-state index in [2.05, 4.69) is 21.6 Å². The molecule has 7 heteroatoms. The van der Waals surface area contributed by atoms with E-state index in [1.54, 1.807) is 6.07 Å². The molecule has 1 heterocycles. The van der Waals surface area contributed by atoms with Crippen LogP contribution in [0.5, 0.6) is 5.75 Å². The maximum absolute atomic E-state index is 12.6. The van der Waals surface area contributed by atoms with Gasteiger partial charge >= 0.3 is 6.36 Å². The van der Waals surface area contributed by atoms with E-state index in [4.69, 9.17) is 0 Å². The third-order valence-corrected chi connectivity index (χ3v) is 5.90. The summed E-state index contributed by atoms with van der Waals surface area (Å²) in [4.78, 5) is 4.58. The molecule has 1 unspecified atom stereocenters. The second-order valence-corrected chi connectivity index (χ2v) is 7.94. The molecular weight excluding hydrogens is 381 g/mol. The van der Waals surface area contributed by atoms with Gasteiger partial charge in [0.25, 0.3) is 0 Å². The zero-order valence-corrected chi connectivity index (χ0v) is 17.8. The summed E-state index contributed by atoms with van der Waals surface area (Å²) in [6.07, 6.45) is -0.331. The van der Waals surface area contributed by atoms with Gasteiger partial charge in [0.1, 0.15) is 5.75 Å². The fraction of sp³-hybridized carbons (Fsp3) is 0.727. The third-order valence-electron chi connectivity index (χ3n) is 5.90. The van der Waals surface area contributed by atoms with Crippen molar-refractivity contribution < 1.29 is 23.0 Å². The Morgan fingerprint density at radius 1 is 1.07 bits per heavy atom. The number of aliphatic hydroxyl groups is 1. The molecule has 1 saturated carbocycles. The minimum absolute atomic E-state index is 0.220. The Hall–Kier alpha value is -1.31. The Morgan fingerprint density at radius 2 is 1.69 bits per heavy atom. The van der Waals surface area contributed by atoms with E-state index in [0.29, 0.717) is 19.4 Å². The third kappa shape index (κ3) is 7.15. The van der Waals surface area contributed by atoms with Crippen molar-refractivity contribution in [2.75, 3.05) is 39.8 Å². The Bertz CT molecular complexity index is 610. The normalized spacial score (nSPS) is 21.8. The van der Waals surface area contributed by atoms with Crippen molar-refractivity contribution in [2.24, 2.45) is 0 Å². The highest BCUT2D eigenvalue weighted by molar-refractivity contribution is 5.33. The number of ether oxygens (including phenoxy) is 1. The Kier molecular flexibility index (Phi) is 8.79. The number of benzene rings is 1. The molecule has 2 fully saturated rings. The largest absolute Gasteiger partial charge is 0.573 e. The molecule has 166 valence electrons. The van der Waals surface area contributed by atoms with Crippen molar-refractivity contribution in [3.05, 3.63) is 29.8 Å². The van der Waals surface area contributed by atoms with E-state index in [9.17, 15) is 18.3 Å². The van der Waals surface area contributed by atoms with Crippen molar-refractivity contribution in [3.8, 4) is 5.75 Å². The van der Waals surface area contributed by atoms with Crippen molar-refractivity contribution in [1.82, 2.24) is 9.80 Å². The standard InChI is InChI=1S/C20H29F3N2O2.C2H6/c1-24-10-12-25(13-11-24)15-18(19(26)8-3-2-4-9-19)16-6-5-7-17(14-16)27-20(21,22)23;1-2/h5-7,14,18,26H,2-4,8-13,15H2,1H3;1-2H3. The van der Waals surface area contributed by atoms with Crippen LogP contribution in [0.4, 0.5) is 13.2 Å². The predicted octanol–water partition coefficient (Wildman–Crippen LogP) is 4.64. The molecule has 0 spiro atoms. The lowest BCUT2D eigenvalue weighted by Gasteiger charge is -2.43. The van der Waals surface area contributed by atoms with E-state index in [0.717, 1.165) is 51.0 Å². The van der Waals surface area contributed by atoms with Gasteiger partial charge < -0.3 is 19.6 Å². The quantitative estimate of drug-likeness (QED) is 0.759. The minimum Gasteiger partial charge on any atom is -0.406 e. The maximum Gasteiger partial charge on any atom is 0.573 e. The molecule has 2 aliphatic rings. The maximum atomic E-state index is 12.6. The van der Waals surface area contributed by atoms with Crippen LogP contribution in [0.15, 0.2) is 24.3 Å². The first-order chi connectivity index (χ1) is 13.8. The molecule has 1 atom stereocenters. The van der Waals surface area contributed by atoms with Gasteiger partial charge in [0.15, 0.2) is 0 Å². The summed E-state index contributed by atoms with van der Waals surface area (Å²) < 4.78 is 42.0. The van der Waals surface area contributed by atoms with Crippen molar-refractivity contribution in [3.63, 3.8) is 0 Å². The molecule has 0 aromatic heterocycles. The van der Waals surface area contributed by atoms with Crippen LogP contribution in [0.3, 0.4) is 0 Å². The minimum atomic E-state index is -4.71. The van der Waals surface area contributed by atoms with Crippen LogP contribution in [0.25, 0.3) is 0 Å². The average molecular weight is 417 g/mol. The molecule has 0 amide bonds. The van der Waals surface area contributed by atoms with Crippen LogP contribution in [0, 0.1) is 0 Å². The summed E-state index contributed by atoms with van der Waals surface area (Å²) in [5, 5.41) is 11.4. The van der Waals surface area contributed by atoms with Crippen molar-refractivity contribution in [2.45, 2.75) is 63.8 Å². The van der Waals surface area contributed by atoms with Gasteiger partial charge in [-0.2, -0.15) is 0 Å². The highest BCUT2D eigenvalue weighted by atomic mass is 19.4. The molecule has 0 radical (unpaired) electrons. The molecule has 3 rings (SSSR count). The van der Waals surface area contributed by atoms with Crippen LogP contribution in [-0.2, 0) is 0 Å². The second-order valence-electron chi connectivity index (χ2n) is 7.94. The van der Waals surface area contributed by atoms with E-state index in [-0.39, 0.29) is 11.7 Å². The highest BCUT2D eigenvalue weighted by Gasteiger charge is 2.40. The zero-order valence-electron chi connectivity index (χ0n) is 17.8. The van der Waals surface area contributed by atoms with Crippen LogP contribution in [0.2, 0.25) is 0 Å². The zero-order chi connectivity index (χ0) is 21.5. The van der Waals surface area contributed by atoms with Crippen LogP contribution in [-0.4, -0.2) is 66.6 Å². The van der Waals surface area contributed by atoms with E-state index in [1.807, 2.05) is 19.9 Å². The first-order valence-electron chi connectivity index (χ1n) is 10.7. The van der Waals surface area contributed by atoms with Gasteiger partial charge in [-0.05, 0) is 37.6 Å². The Labute approximate surface area is 172 Å². The lowest BCUT2D eigenvalue weighted by molar-refractivity contribution is -0.274.